The van der Waals surface area contributed by atoms with Crippen molar-refractivity contribution in [2.24, 2.45) is 16.8 Å². The molecule has 2 aliphatic rings. The highest BCUT2D eigenvalue weighted by Crippen LogP contribution is 2.48. The van der Waals surface area contributed by atoms with E-state index in [1.807, 2.05) is 6.92 Å². The first kappa shape index (κ1) is 21.5. The molecule has 1 fully saturated rings. The number of nitro benzene ring substituents is 1. The summed E-state index contributed by atoms with van der Waals surface area (Å²) >= 11 is 1.34. The molecule has 2 heterocycles. The minimum atomic E-state index is -1.16. The highest BCUT2D eigenvalue weighted by atomic mass is 32.2. The van der Waals surface area contributed by atoms with Crippen LogP contribution in [0.15, 0.2) is 23.2 Å². The van der Waals surface area contributed by atoms with Crippen LogP contribution >= 0.6 is 11.8 Å². The molecule has 3 rings (SSSR count). The molecule has 1 aromatic rings. The highest BCUT2D eigenvalue weighted by Gasteiger charge is 2.51. The second-order valence-electron chi connectivity index (χ2n) is 8.30. The van der Waals surface area contributed by atoms with E-state index in [0.29, 0.717) is 12.4 Å². The molecule has 0 aliphatic carbocycles. The average molecular weight is 425 g/mol. The molecule has 0 spiro atoms. The number of rotatable bonds is 2. The van der Waals surface area contributed by atoms with Crippen LogP contribution in [0.4, 0.5) is 14.9 Å². The van der Waals surface area contributed by atoms with Gasteiger partial charge in [-0.2, -0.15) is 0 Å². The fourth-order valence-corrected chi connectivity index (χ4v) is 4.97. The number of carbonyl (C=O) groups excluding carboxylic acids is 1. The van der Waals surface area contributed by atoms with Crippen molar-refractivity contribution in [2.75, 3.05) is 19.0 Å². The molecule has 0 radical (unpaired) electrons. The average Bonchev–Trinajstić information content (AvgIpc) is 2.60. The predicted octanol–water partition coefficient (Wildman–Crippen LogP) is 3.84. The monoisotopic (exact) mass is 425 g/mol. The molecule has 158 valence electrons. The zero-order valence-electron chi connectivity index (χ0n) is 16.7. The number of nitro groups is 1. The van der Waals surface area contributed by atoms with Crippen molar-refractivity contribution in [1.29, 1.82) is 0 Å². The van der Waals surface area contributed by atoms with Crippen molar-refractivity contribution in [1.82, 2.24) is 5.32 Å². The number of benzene rings is 1. The lowest BCUT2D eigenvalue weighted by Crippen LogP contribution is -2.52. The van der Waals surface area contributed by atoms with Gasteiger partial charge >= 0.3 is 6.09 Å². The summed E-state index contributed by atoms with van der Waals surface area (Å²) in [5, 5.41) is 14.1. The standard InChI is InChI=1S/C19H24FN3O5S/c1-11-8-27-10-19(13-7-12(23(25)26)5-6-15(13)20)14(11)9-29-16(22-19)21-17(24)28-18(2,3)4/h5-7,11,14H,8-10H2,1-4H3,(H,21,22,24)/t11-,14-,19-/m1/s1. The van der Waals surface area contributed by atoms with Gasteiger partial charge in [0.15, 0.2) is 5.17 Å². The molecule has 0 aromatic heterocycles. The van der Waals surface area contributed by atoms with Crippen LogP contribution in [0.1, 0.15) is 33.3 Å². The lowest BCUT2D eigenvalue weighted by atomic mass is 9.72. The lowest BCUT2D eigenvalue weighted by molar-refractivity contribution is -0.385. The van der Waals surface area contributed by atoms with Crippen molar-refractivity contribution < 1.29 is 23.6 Å². The summed E-state index contributed by atoms with van der Waals surface area (Å²) in [5.41, 5.74) is -1.96. The van der Waals surface area contributed by atoms with Crippen molar-refractivity contribution in [3.63, 3.8) is 0 Å². The zero-order chi connectivity index (χ0) is 21.4. The van der Waals surface area contributed by atoms with Crippen molar-refractivity contribution in [3.05, 3.63) is 39.7 Å². The zero-order valence-corrected chi connectivity index (χ0v) is 17.5. The molecule has 0 saturated carbocycles. The van der Waals surface area contributed by atoms with E-state index in [9.17, 15) is 19.3 Å². The van der Waals surface area contributed by atoms with E-state index in [1.165, 1.54) is 17.8 Å². The summed E-state index contributed by atoms with van der Waals surface area (Å²) in [6.45, 7) is 7.78. The van der Waals surface area contributed by atoms with Crippen LogP contribution in [-0.2, 0) is 15.0 Å². The summed E-state index contributed by atoms with van der Waals surface area (Å²) in [5.74, 6) is -0.0874. The van der Waals surface area contributed by atoms with E-state index in [-0.39, 0.29) is 34.9 Å². The summed E-state index contributed by atoms with van der Waals surface area (Å²) in [7, 11) is 0. The Morgan fingerprint density at radius 2 is 2.21 bits per heavy atom. The van der Waals surface area contributed by atoms with Gasteiger partial charge in [0.1, 0.15) is 17.0 Å². The van der Waals surface area contributed by atoms with Gasteiger partial charge in [0.2, 0.25) is 0 Å². The minimum absolute atomic E-state index is 0.0572. The molecule has 29 heavy (non-hydrogen) atoms. The first-order chi connectivity index (χ1) is 13.5. The van der Waals surface area contributed by atoms with Gasteiger partial charge in [0.25, 0.3) is 5.69 Å². The Morgan fingerprint density at radius 3 is 2.86 bits per heavy atom. The Morgan fingerprint density at radius 1 is 1.48 bits per heavy atom. The van der Waals surface area contributed by atoms with Gasteiger partial charge in [-0.1, -0.05) is 18.7 Å². The maximum absolute atomic E-state index is 14.9. The number of ether oxygens (including phenoxy) is 2. The Labute approximate surface area is 172 Å². The first-order valence-electron chi connectivity index (χ1n) is 9.26. The lowest BCUT2D eigenvalue weighted by Gasteiger charge is -2.47. The quantitative estimate of drug-likeness (QED) is 0.570. The third-order valence-corrected chi connectivity index (χ3v) is 5.93. The number of carbonyl (C=O) groups is 1. The third-order valence-electron chi connectivity index (χ3n) is 4.94. The summed E-state index contributed by atoms with van der Waals surface area (Å²) in [4.78, 5) is 27.5. The van der Waals surface area contributed by atoms with E-state index in [2.05, 4.69) is 10.3 Å². The number of hydrogen-bond donors (Lipinski definition) is 1. The number of hydrogen-bond acceptors (Lipinski definition) is 7. The topological polar surface area (TPSA) is 103 Å². The molecule has 3 atom stereocenters. The van der Waals surface area contributed by atoms with E-state index >= 15 is 0 Å². The highest BCUT2D eigenvalue weighted by molar-refractivity contribution is 8.13. The fraction of sp³-hybridized carbons (Fsp3) is 0.579. The van der Waals surface area contributed by atoms with Crippen LogP contribution in [0.3, 0.4) is 0 Å². The Hall–Kier alpha value is -2.20. The number of amidine groups is 1. The molecule has 8 nitrogen and oxygen atoms in total. The van der Waals surface area contributed by atoms with Crippen LogP contribution in [0.25, 0.3) is 0 Å². The van der Waals surface area contributed by atoms with Crippen LogP contribution < -0.4 is 5.32 Å². The van der Waals surface area contributed by atoms with Crippen molar-refractivity contribution >= 4 is 28.7 Å². The van der Waals surface area contributed by atoms with Crippen LogP contribution in [0, 0.1) is 27.8 Å². The van der Waals surface area contributed by atoms with Crippen molar-refractivity contribution in [3.8, 4) is 0 Å². The summed E-state index contributed by atoms with van der Waals surface area (Å²) < 4.78 is 25.8. The minimum Gasteiger partial charge on any atom is -0.444 e. The molecule has 10 heteroatoms. The van der Waals surface area contributed by atoms with E-state index in [4.69, 9.17) is 9.47 Å². The Balaban J connectivity index is 2.04. The number of amides is 1. The second kappa shape index (κ2) is 7.91. The van der Waals surface area contributed by atoms with Crippen molar-refractivity contribution in [2.45, 2.75) is 38.8 Å². The number of non-ortho nitro benzene ring substituents is 1. The third kappa shape index (κ3) is 4.53. The molecule has 1 saturated heterocycles. The largest absolute Gasteiger partial charge is 0.444 e. The van der Waals surface area contributed by atoms with Gasteiger partial charge in [0, 0.05) is 36.0 Å². The number of nitrogens with one attached hydrogen (secondary N) is 1. The maximum Gasteiger partial charge on any atom is 0.413 e. The summed E-state index contributed by atoms with van der Waals surface area (Å²) in [6.07, 6.45) is -0.665. The maximum atomic E-state index is 14.9. The summed E-state index contributed by atoms with van der Waals surface area (Å²) in [6, 6.07) is 3.42. The van der Waals surface area contributed by atoms with Gasteiger partial charge in [-0.15, -0.1) is 0 Å². The Bertz CT molecular complexity index is 857. The molecule has 2 aliphatic heterocycles. The van der Waals surface area contributed by atoms with Gasteiger partial charge in [0.05, 0.1) is 11.5 Å². The van der Waals surface area contributed by atoms with Crippen LogP contribution in [-0.4, -0.2) is 40.8 Å². The molecule has 1 N–H and O–H groups in total. The number of thioether (sulfide) groups is 1. The van der Waals surface area contributed by atoms with Gasteiger partial charge < -0.3 is 9.47 Å². The first-order valence-corrected chi connectivity index (χ1v) is 10.3. The molecule has 1 aromatic carbocycles. The van der Waals surface area contributed by atoms with Gasteiger partial charge in [-0.3, -0.25) is 15.4 Å². The second-order valence-corrected chi connectivity index (χ2v) is 9.31. The van der Waals surface area contributed by atoms with Gasteiger partial charge in [-0.05, 0) is 32.8 Å². The fourth-order valence-electron chi connectivity index (χ4n) is 3.65. The smallest absolute Gasteiger partial charge is 0.413 e. The molecule has 0 unspecified atom stereocenters. The van der Waals surface area contributed by atoms with Gasteiger partial charge in [-0.25, -0.2) is 14.2 Å². The molecule has 1 amide bonds. The van der Waals surface area contributed by atoms with E-state index in [1.54, 1.807) is 20.8 Å². The SMILES string of the molecule is C[C@@H]1COC[C@]2(c3cc([N+](=O)[O-])ccc3F)N=C(NC(=O)OC(C)(C)C)SC[C@H]12. The number of aliphatic imine (C=N–C) groups is 1. The molecular formula is C19H24FN3O5S. The van der Waals surface area contributed by atoms with E-state index in [0.717, 1.165) is 12.1 Å². The number of nitrogens with zero attached hydrogens (tertiary/aromatic N) is 2. The van der Waals surface area contributed by atoms with Crippen LogP contribution in [0.2, 0.25) is 0 Å². The number of alkyl carbamates (subject to hydrolysis) is 1. The molecular weight excluding hydrogens is 401 g/mol. The number of fused-ring (bicyclic) bond motifs is 1. The normalized spacial score (nSPS) is 26.9. The Kier molecular flexibility index (Phi) is 5.86. The number of halogens is 1. The van der Waals surface area contributed by atoms with E-state index < -0.39 is 28.0 Å². The predicted molar refractivity (Wildman–Crippen MR) is 107 cm³/mol. The molecule has 0 bridgehead atoms. The van der Waals surface area contributed by atoms with Crippen LogP contribution in [0.5, 0.6) is 0 Å².